The SMILES string of the molecule is C[N](C)[Co]. The van der Waals surface area contributed by atoms with E-state index in [9.17, 15) is 0 Å². The first-order valence-corrected chi connectivity index (χ1v) is 1.51. The van der Waals surface area contributed by atoms with E-state index in [-0.39, 0.29) is 0 Å². The number of rotatable bonds is 0. The molecule has 0 amide bonds. The first-order chi connectivity index (χ1) is 1.73. The van der Waals surface area contributed by atoms with Crippen molar-refractivity contribution < 1.29 is 16.0 Å². The Morgan fingerprint density at radius 2 is 1.50 bits per heavy atom. The molecule has 0 aromatic heterocycles. The van der Waals surface area contributed by atoms with E-state index in [1.54, 1.807) is 3.95 Å². The Balaban J connectivity index is 2.32. The van der Waals surface area contributed by atoms with Gasteiger partial charge in [0.05, 0.1) is 0 Å². The molecule has 0 bridgehead atoms. The van der Waals surface area contributed by atoms with Crippen molar-refractivity contribution in [2.45, 2.75) is 0 Å². The molecule has 0 atom stereocenters. The van der Waals surface area contributed by atoms with Gasteiger partial charge in [-0.15, -0.1) is 0 Å². The third-order valence-corrected chi connectivity index (χ3v) is 0. The second-order valence-corrected chi connectivity index (χ2v) is 1.68. The molecule has 2 heteroatoms. The van der Waals surface area contributed by atoms with E-state index in [0.29, 0.717) is 0 Å². The molecule has 1 nitrogen and oxygen atoms in total. The number of hydrogen-bond donors (Lipinski definition) is 0. The standard InChI is InChI=1S/C2H6N.Co/c1-3-2;/h1-2H3;/q-1;+1. The third kappa shape index (κ3) is 24.4. The maximum atomic E-state index is 3.84. The summed E-state index contributed by atoms with van der Waals surface area (Å²) < 4.78 is 1.69. The van der Waals surface area contributed by atoms with Crippen LogP contribution in [0, 0.1) is 0 Å². The van der Waals surface area contributed by atoms with Crippen molar-refractivity contribution in [2.75, 3.05) is 14.1 Å². The quantitative estimate of drug-likeness (QED) is 0.417. The fourth-order valence-electron chi connectivity index (χ4n) is 0. The van der Waals surface area contributed by atoms with Gasteiger partial charge in [-0.2, -0.15) is 0 Å². The Kier molecular flexibility index (Phi) is 1.96. The Morgan fingerprint density at radius 3 is 1.50 bits per heavy atom. The molecule has 0 saturated carbocycles. The molecule has 0 unspecified atom stereocenters. The maximum absolute atomic E-state index is 3.84. The van der Waals surface area contributed by atoms with Gasteiger partial charge < -0.3 is 0 Å². The molecule has 0 aromatic rings. The zero-order chi connectivity index (χ0) is 3.58. The van der Waals surface area contributed by atoms with Crippen molar-refractivity contribution in [3.05, 3.63) is 0 Å². The van der Waals surface area contributed by atoms with Crippen LogP contribution in [0.5, 0.6) is 0 Å². The van der Waals surface area contributed by atoms with Crippen LogP contribution in [-0.4, -0.2) is 18.0 Å². The zero-order valence-electron chi connectivity index (χ0n) is 2.78. The van der Waals surface area contributed by atoms with Crippen molar-refractivity contribution in [1.82, 2.24) is 3.95 Å². The molecule has 4 heavy (non-hydrogen) atoms. The normalized spacial score (nSPS) is 9.25. The fourth-order valence-corrected chi connectivity index (χ4v) is 0. The van der Waals surface area contributed by atoms with Gasteiger partial charge in [0.2, 0.25) is 0 Å². The van der Waals surface area contributed by atoms with Crippen LogP contribution in [0.2, 0.25) is 0 Å². The van der Waals surface area contributed by atoms with E-state index in [2.05, 4.69) is 16.0 Å². The van der Waals surface area contributed by atoms with Crippen molar-refractivity contribution in [3.8, 4) is 0 Å². The summed E-state index contributed by atoms with van der Waals surface area (Å²) in [5.74, 6) is 0. The fraction of sp³-hybridized carbons (Fsp3) is 1.00. The summed E-state index contributed by atoms with van der Waals surface area (Å²) in [6.45, 7) is 0. The van der Waals surface area contributed by atoms with Gasteiger partial charge in [0, 0.05) is 0 Å². The predicted molar refractivity (Wildman–Crippen MR) is 13.7 cm³/mol. The van der Waals surface area contributed by atoms with Crippen LogP contribution in [0.4, 0.5) is 0 Å². The van der Waals surface area contributed by atoms with E-state index in [1.807, 2.05) is 14.1 Å². The summed E-state index contributed by atoms with van der Waals surface area (Å²) in [4.78, 5) is 0. The van der Waals surface area contributed by atoms with Crippen LogP contribution < -0.4 is 0 Å². The monoisotopic (exact) mass is 103 g/mol. The van der Waals surface area contributed by atoms with Crippen LogP contribution >= 0.6 is 0 Å². The van der Waals surface area contributed by atoms with Gasteiger partial charge in [0.25, 0.3) is 0 Å². The molecule has 0 aliphatic heterocycles. The van der Waals surface area contributed by atoms with E-state index >= 15 is 0 Å². The van der Waals surface area contributed by atoms with Crippen LogP contribution in [0.3, 0.4) is 0 Å². The van der Waals surface area contributed by atoms with Crippen molar-refractivity contribution in [1.29, 1.82) is 0 Å². The minimum atomic E-state index is 1.69. The van der Waals surface area contributed by atoms with Gasteiger partial charge in [0.1, 0.15) is 0 Å². The Bertz CT molecular complexity index is 10.8. The molecule has 0 rings (SSSR count). The van der Waals surface area contributed by atoms with E-state index in [0.717, 1.165) is 0 Å². The van der Waals surface area contributed by atoms with E-state index < -0.39 is 0 Å². The molecule has 0 radical (unpaired) electrons. The first-order valence-electron chi connectivity index (χ1n) is 1.04. The molecule has 0 aliphatic carbocycles. The summed E-state index contributed by atoms with van der Waals surface area (Å²) in [6, 6.07) is 0. The van der Waals surface area contributed by atoms with Crippen LogP contribution in [0.15, 0.2) is 0 Å². The Labute approximate surface area is 34.8 Å². The van der Waals surface area contributed by atoms with Crippen molar-refractivity contribution in [3.63, 3.8) is 0 Å². The van der Waals surface area contributed by atoms with Crippen molar-refractivity contribution in [2.24, 2.45) is 0 Å². The first kappa shape index (κ1) is 4.47. The van der Waals surface area contributed by atoms with Gasteiger partial charge in [-0.3, -0.25) is 0 Å². The molecular weight excluding hydrogens is 97.0 g/mol. The molecule has 28 valence electrons. The van der Waals surface area contributed by atoms with Gasteiger partial charge in [0.15, 0.2) is 0 Å². The van der Waals surface area contributed by atoms with Gasteiger partial charge in [-0.05, 0) is 0 Å². The molecule has 0 fully saturated rings. The van der Waals surface area contributed by atoms with Crippen LogP contribution in [0.1, 0.15) is 0 Å². The average molecular weight is 103 g/mol. The van der Waals surface area contributed by atoms with E-state index in [1.165, 1.54) is 0 Å². The minimum absolute atomic E-state index is 1.69. The molecule has 0 saturated heterocycles. The third-order valence-electron chi connectivity index (χ3n) is 0. The second kappa shape index (κ2) is 1.75. The van der Waals surface area contributed by atoms with Gasteiger partial charge in [-0.1, -0.05) is 0 Å². The van der Waals surface area contributed by atoms with Gasteiger partial charge >= 0.3 is 34.0 Å². The second-order valence-electron chi connectivity index (χ2n) is 0.745. The Morgan fingerprint density at radius 1 is 1.50 bits per heavy atom. The zero-order valence-corrected chi connectivity index (χ0v) is 3.82. The molecule has 0 aromatic carbocycles. The Hall–Kier alpha value is 0.466. The number of hydrogen-bond acceptors (Lipinski definition) is 1. The van der Waals surface area contributed by atoms with Crippen molar-refractivity contribution >= 4 is 0 Å². The molecule has 0 aliphatic rings. The summed E-state index contributed by atoms with van der Waals surface area (Å²) in [5.41, 5.74) is 0. The van der Waals surface area contributed by atoms with Crippen LogP contribution in [-0.2, 0) is 16.0 Å². The summed E-state index contributed by atoms with van der Waals surface area (Å²) in [6.07, 6.45) is 0. The van der Waals surface area contributed by atoms with Gasteiger partial charge in [-0.25, -0.2) is 0 Å². The van der Waals surface area contributed by atoms with E-state index in [4.69, 9.17) is 0 Å². The molecular formula is C2H6CoN. The topological polar surface area (TPSA) is 3.24 Å². The molecule has 0 heterocycles. The molecule has 0 spiro atoms. The summed E-state index contributed by atoms with van der Waals surface area (Å²) in [7, 11) is 3.72. The predicted octanol–water partition coefficient (Wildman–Crippen LogP) is 0.00980. The van der Waals surface area contributed by atoms with Crippen LogP contribution in [0.25, 0.3) is 0 Å². The average Bonchev–Trinajstić information content (AvgIpc) is 0.811. The molecule has 0 N–H and O–H groups in total. The number of nitrogens with zero attached hydrogens (tertiary/aromatic N) is 1. The summed E-state index contributed by atoms with van der Waals surface area (Å²) in [5, 5.41) is 0. The summed E-state index contributed by atoms with van der Waals surface area (Å²) >= 11 is 3.84.